The van der Waals surface area contributed by atoms with Crippen molar-refractivity contribution in [2.75, 3.05) is 11.1 Å². The fraction of sp³-hybridized carbons (Fsp3) is 0.286. The van der Waals surface area contributed by atoms with Crippen molar-refractivity contribution in [1.82, 2.24) is 0 Å². The number of nitrogens with one attached hydrogen (secondary N) is 1. The molecule has 3 N–H and O–H groups in total. The van der Waals surface area contributed by atoms with Crippen molar-refractivity contribution in [2.24, 2.45) is 0 Å². The average molecular weight is 372 g/mol. The topological polar surface area (TPSA) is 38.0 Å². The number of nitrogens with two attached hydrogens (primary N) is 1. The maximum atomic E-state index is 5.78. The van der Waals surface area contributed by atoms with Crippen molar-refractivity contribution in [3.8, 4) is 0 Å². The zero-order chi connectivity index (χ0) is 13.0. The van der Waals surface area contributed by atoms with Crippen LogP contribution in [0.25, 0.3) is 0 Å². The van der Waals surface area contributed by atoms with Crippen LogP contribution in [0.3, 0.4) is 0 Å². The van der Waals surface area contributed by atoms with Crippen LogP contribution in [0.4, 0.5) is 11.4 Å². The molecule has 96 valence electrons. The van der Waals surface area contributed by atoms with E-state index in [4.69, 9.17) is 5.73 Å². The highest BCUT2D eigenvalue weighted by Crippen LogP contribution is 2.30. The van der Waals surface area contributed by atoms with E-state index in [1.165, 1.54) is 14.9 Å². The van der Waals surface area contributed by atoms with Crippen LogP contribution in [0.2, 0.25) is 0 Å². The fourth-order valence-electron chi connectivity index (χ4n) is 1.90. The number of nitrogen functional groups attached to an aromatic ring is 1. The van der Waals surface area contributed by atoms with Gasteiger partial charge in [0, 0.05) is 19.8 Å². The number of anilines is 2. The SMILES string of the molecule is CCCC(Nc1ccc(N)cc1I)c1cccs1. The summed E-state index contributed by atoms with van der Waals surface area (Å²) in [5.74, 6) is 0. The van der Waals surface area contributed by atoms with Crippen molar-refractivity contribution in [3.05, 3.63) is 44.2 Å². The Balaban J connectivity index is 2.18. The number of halogens is 1. The summed E-state index contributed by atoms with van der Waals surface area (Å²) < 4.78 is 1.17. The molecule has 1 aromatic heterocycles. The van der Waals surface area contributed by atoms with Crippen molar-refractivity contribution >= 4 is 45.3 Å². The third-order valence-electron chi connectivity index (χ3n) is 2.79. The molecular weight excluding hydrogens is 355 g/mol. The number of benzene rings is 1. The molecule has 0 spiro atoms. The van der Waals surface area contributed by atoms with Gasteiger partial charge in [-0.25, -0.2) is 0 Å². The van der Waals surface area contributed by atoms with Crippen LogP contribution in [0.5, 0.6) is 0 Å². The molecule has 0 aliphatic heterocycles. The molecule has 1 unspecified atom stereocenters. The van der Waals surface area contributed by atoms with Gasteiger partial charge in [0.25, 0.3) is 0 Å². The number of hydrogen-bond donors (Lipinski definition) is 2. The summed E-state index contributed by atoms with van der Waals surface area (Å²) in [5.41, 5.74) is 7.76. The van der Waals surface area contributed by atoms with Crippen LogP contribution < -0.4 is 11.1 Å². The van der Waals surface area contributed by atoms with Crippen LogP contribution in [0, 0.1) is 3.57 Å². The smallest absolute Gasteiger partial charge is 0.0606 e. The summed E-state index contributed by atoms with van der Waals surface area (Å²) in [6.45, 7) is 2.22. The summed E-state index contributed by atoms with van der Waals surface area (Å²) in [4.78, 5) is 1.39. The van der Waals surface area contributed by atoms with E-state index in [-0.39, 0.29) is 0 Å². The van der Waals surface area contributed by atoms with Crippen molar-refractivity contribution in [3.63, 3.8) is 0 Å². The van der Waals surface area contributed by atoms with Crippen LogP contribution in [-0.4, -0.2) is 0 Å². The minimum absolute atomic E-state index is 0.396. The highest BCUT2D eigenvalue weighted by atomic mass is 127. The molecule has 2 nitrogen and oxygen atoms in total. The first-order valence-corrected chi connectivity index (χ1v) is 8.01. The molecule has 1 atom stereocenters. The Kier molecular flexibility index (Phi) is 4.88. The molecule has 4 heteroatoms. The highest BCUT2D eigenvalue weighted by molar-refractivity contribution is 14.1. The Morgan fingerprint density at radius 2 is 2.22 bits per heavy atom. The van der Waals surface area contributed by atoms with E-state index in [0.29, 0.717) is 6.04 Å². The van der Waals surface area contributed by atoms with Gasteiger partial charge in [-0.1, -0.05) is 19.4 Å². The third kappa shape index (κ3) is 3.38. The normalized spacial score (nSPS) is 12.3. The van der Waals surface area contributed by atoms with Gasteiger partial charge >= 0.3 is 0 Å². The number of rotatable bonds is 5. The van der Waals surface area contributed by atoms with Gasteiger partial charge in [-0.05, 0) is 58.7 Å². The van der Waals surface area contributed by atoms with E-state index in [1.807, 2.05) is 23.5 Å². The zero-order valence-corrected chi connectivity index (χ0v) is 13.3. The first-order chi connectivity index (χ1) is 8.70. The molecule has 0 radical (unpaired) electrons. The van der Waals surface area contributed by atoms with E-state index < -0.39 is 0 Å². The number of hydrogen-bond acceptors (Lipinski definition) is 3. The molecule has 1 aromatic carbocycles. The largest absolute Gasteiger partial charge is 0.399 e. The minimum Gasteiger partial charge on any atom is -0.399 e. The highest BCUT2D eigenvalue weighted by Gasteiger charge is 2.12. The molecule has 0 fully saturated rings. The van der Waals surface area contributed by atoms with Gasteiger partial charge < -0.3 is 11.1 Å². The minimum atomic E-state index is 0.396. The Labute approximate surface area is 126 Å². The quantitative estimate of drug-likeness (QED) is 0.580. The second kappa shape index (κ2) is 6.43. The maximum absolute atomic E-state index is 5.78. The lowest BCUT2D eigenvalue weighted by Gasteiger charge is -2.19. The van der Waals surface area contributed by atoms with E-state index in [1.54, 1.807) is 0 Å². The summed E-state index contributed by atoms with van der Waals surface area (Å²) >= 11 is 4.14. The van der Waals surface area contributed by atoms with Gasteiger partial charge in [0.2, 0.25) is 0 Å². The van der Waals surface area contributed by atoms with Crippen LogP contribution >= 0.6 is 33.9 Å². The molecule has 2 rings (SSSR count). The second-order valence-corrected chi connectivity index (χ2v) is 6.38. The Morgan fingerprint density at radius 1 is 1.39 bits per heavy atom. The molecule has 0 aliphatic carbocycles. The molecule has 18 heavy (non-hydrogen) atoms. The van der Waals surface area contributed by atoms with Crippen LogP contribution in [0.1, 0.15) is 30.7 Å². The predicted octanol–water partition coefficient (Wildman–Crippen LogP) is 4.89. The molecule has 0 aliphatic rings. The van der Waals surface area contributed by atoms with Gasteiger partial charge in [0.15, 0.2) is 0 Å². The molecule has 0 bridgehead atoms. The molecule has 0 saturated carbocycles. The van der Waals surface area contributed by atoms with Crippen LogP contribution in [-0.2, 0) is 0 Å². The van der Waals surface area contributed by atoms with Gasteiger partial charge in [-0.3, -0.25) is 0 Å². The van der Waals surface area contributed by atoms with Gasteiger partial charge in [-0.15, -0.1) is 11.3 Å². The van der Waals surface area contributed by atoms with E-state index in [9.17, 15) is 0 Å². The Hall–Kier alpha value is -0.750. The monoisotopic (exact) mass is 372 g/mol. The molecule has 2 aromatic rings. The Bertz CT molecular complexity index is 497. The summed E-state index contributed by atoms with van der Waals surface area (Å²) in [6.07, 6.45) is 2.31. The van der Waals surface area contributed by atoms with E-state index in [2.05, 4.69) is 58.4 Å². The van der Waals surface area contributed by atoms with Gasteiger partial charge in [0.1, 0.15) is 0 Å². The van der Waals surface area contributed by atoms with Gasteiger partial charge in [0.05, 0.1) is 6.04 Å². The molecule has 0 amide bonds. The average Bonchev–Trinajstić information content (AvgIpc) is 2.85. The van der Waals surface area contributed by atoms with Crippen molar-refractivity contribution in [2.45, 2.75) is 25.8 Å². The lowest BCUT2D eigenvalue weighted by Crippen LogP contribution is -2.10. The predicted molar refractivity (Wildman–Crippen MR) is 89.2 cm³/mol. The maximum Gasteiger partial charge on any atom is 0.0606 e. The fourth-order valence-corrected chi connectivity index (χ4v) is 3.41. The second-order valence-electron chi connectivity index (χ2n) is 4.24. The van der Waals surface area contributed by atoms with Crippen molar-refractivity contribution in [1.29, 1.82) is 0 Å². The van der Waals surface area contributed by atoms with E-state index >= 15 is 0 Å². The first kappa shape index (κ1) is 13.7. The van der Waals surface area contributed by atoms with E-state index in [0.717, 1.165) is 17.8 Å². The Morgan fingerprint density at radius 3 is 2.83 bits per heavy atom. The summed E-state index contributed by atoms with van der Waals surface area (Å²) in [5, 5.41) is 5.76. The summed E-state index contributed by atoms with van der Waals surface area (Å²) in [7, 11) is 0. The molecule has 0 saturated heterocycles. The standard InChI is InChI=1S/C14H17IN2S/c1-2-4-13(14-5-3-8-18-14)17-12-7-6-10(16)9-11(12)15/h3,5-9,13,17H,2,4,16H2,1H3. The zero-order valence-electron chi connectivity index (χ0n) is 10.3. The van der Waals surface area contributed by atoms with Gasteiger partial charge in [-0.2, -0.15) is 0 Å². The lowest BCUT2D eigenvalue weighted by molar-refractivity contribution is 0.687. The van der Waals surface area contributed by atoms with Crippen LogP contribution in [0.15, 0.2) is 35.7 Å². The molecule has 1 heterocycles. The third-order valence-corrected chi connectivity index (χ3v) is 4.67. The lowest BCUT2D eigenvalue weighted by atomic mass is 10.1. The number of thiophene rings is 1. The summed E-state index contributed by atoms with van der Waals surface area (Å²) in [6, 6.07) is 10.7. The van der Waals surface area contributed by atoms with Crippen molar-refractivity contribution < 1.29 is 0 Å². The first-order valence-electron chi connectivity index (χ1n) is 6.05. The molecular formula is C14H17IN2S.